The lowest BCUT2D eigenvalue weighted by Gasteiger charge is -2.14. The van der Waals surface area contributed by atoms with Crippen molar-refractivity contribution >= 4 is 16.0 Å². The molecule has 9 heteroatoms. The van der Waals surface area contributed by atoms with E-state index < -0.39 is 38.4 Å². The number of nitrogens with one attached hydrogen (secondary N) is 2. The molecule has 0 aliphatic heterocycles. The fourth-order valence-corrected chi connectivity index (χ4v) is 3.09. The van der Waals surface area contributed by atoms with Gasteiger partial charge in [-0.2, -0.15) is 5.10 Å². The highest BCUT2D eigenvalue weighted by Crippen LogP contribution is 2.18. The van der Waals surface area contributed by atoms with E-state index in [2.05, 4.69) is 14.9 Å². The van der Waals surface area contributed by atoms with Crippen molar-refractivity contribution < 1.29 is 22.7 Å². The summed E-state index contributed by atoms with van der Waals surface area (Å²) in [6.07, 6.45) is 0.906. The number of carboxylic acid groups (broad SMARTS) is 1. The first-order chi connectivity index (χ1) is 9.81. The van der Waals surface area contributed by atoms with Crippen LogP contribution in [0.25, 0.3) is 0 Å². The third-order valence-corrected chi connectivity index (χ3v) is 4.30. The van der Waals surface area contributed by atoms with Crippen molar-refractivity contribution in [3.63, 3.8) is 0 Å². The predicted molar refractivity (Wildman–Crippen MR) is 70.7 cm³/mol. The minimum atomic E-state index is -4.12. The number of carboxylic acids is 1. The largest absolute Gasteiger partial charge is 0.478 e. The molecule has 0 aliphatic carbocycles. The summed E-state index contributed by atoms with van der Waals surface area (Å²) in [6.45, 7) is 1.52. The summed E-state index contributed by atoms with van der Waals surface area (Å²) in [5.74, 6) is -1.91. The van der Waals surface area contributed by atoms with Crippen LogP contribution < -0.4 is 4.72 Å². The lowest BCUT2D eigenvalue weighted by atomic mass is 10.1. The van der Waals surface area contributed by atoms with Gasteiger partial charge in [0.25, 0.3) is 10.0 Å². The van der Waals surface area contributed by atoms with Gasteiger partial charge in [0.05, 0.1) is 6.20 Å². The smallest absolute Gasteiger partial charge is 0.340 e. The number of hydrogen-bond donors (Lipinski definition) is 3. The molecule has 112 valence electrons. The minimum absolute atomic E-state index is 0.412. The topological polar surface area (TPSA) is 112 Å². The SMILES string of the molecule is CC(NS(=O)(=O)c1[nH]ncc1C(=O)O)c1cccc(F)c1. The molecule has 0 aliphatic rings. The molecule has 1 aromatic heterocycles. The second-order valence-corrected chi connectivity index (χ2v) is 5.97. The highest BCUT2D eigenvalue weighted by Gasteiger charge is 2.26. The van der Waals surface area contributed by atoms with Crippen LogP contribution in [0.4, 0.5) is 4.39 Å². The van der Waals surface area contributed by atoms with E-state index in [0.29, 0.717) is 5.56 Å². The molecule has 2 rings (SSSR count). The second-order valence-electron chi connectivity index (χ2n) is 4.32. The van der Waals surface area contributed by atoms with Crippen molar-refractivity contribution in [3.8, 4) is 0 Å². The Labute approximate surface area is 119 Å². The van der Waals surface area contributed by atoms with E-state index in [4.69, 9.17) is 5.11 Å². The quantitative estimate of drug-likeness (QED) is 0.770. The van der Waals surface area contributed by atoms with E-state index >= 15 is 0 Å². The molecule has 2 aromatic rings. The monoisotopic (exact) mass is 313 g/mol. The van der Waals surface area contributed by atoms with Crippen LogP contribution in [0.2, 0.25) is 0 Å². The highest BCUT2D eigenvalue weighted by atomic mass is 32.2. The number of aromatic carboxylic acids is 1. The number of rotatable bonds is 5. The Kier molecular flexibility index (Phi) is 4.05. The lowest BCUT2D eigenvalue weighted by Crippen LogP contribution is -2.28. The summed E-state index contributed by atoms with van der Waals surface area (Å²) in [6, 6.07) is 4.70. The number of aromatic nitrogens is 2. The molecule has 7 nitrogen and oxygen atoms in total. The van der Waals surface area contributed by atoms with Crippen molar-refractivity contribution in [1.82, 2.24) is 14.9 Å². The minimum Gasteiger partial charge on any atom is -0.478 e. The van der Waals surface area contributed by atoms with E-state index in [-0.39, 0.29) is 0 Å². The zero-order valence-corrected chi connectivity index (χ0v) is 11.7. The van der Waals surface area contributed by atoms with E-state index in [1.54, 1.807) is 6.07 Å². The molecular formula is C12H12FN3O4S. The number of carbonyl (C=O) groups is 1. The molecule has 0 fully saturated rings. The van der Waals surface area contributed by atoms with Crippen molar-refractivity contribution in [2.75, 3.05) is 0 Å². The Morgan fingerprint density at radius 1 is 1.48 bits per heavy atom. The molecule has 0 saturated heterocycles. The predicted octanol–water partition coefficient (Wildman–Crippen LogP) is 1.29. The van der Waals surface area contributed by atoms with Gasteiger partial charge in [0.1, 0.15) is 11.4 Å². The molecule has 3 N–H and O–H groups in total. The molecular weight excluding hydrogens is 301 g/mol. The Hall–Kier alpha value is -2.26. The third-order valence-electron chi connectivity index (χ3n) is 2.78. The van der Waals surface area contributed by atoms with Crippen LogP contribution in [0.5, 0.6) is 0 Å². The summed E-state index contributed by atoms with van der Waals surface area (Å²) < 4.78 is 39.7. The number of sulfonamides is 1. The molecule has 1 unspecified atom stereocenters. The maximum Gasteiger partial charge on any atom is 0.340 e. The standard InChI is InChI=1S/C12H12FN3O4S/c1-7(8-3-2-4-9(13)5-8)16-21(19,20)11-10(12(17)18)6-14-15-11/h2-7,16H,1H3,(H,14,15)(H,17,18). The van der Waals surface area contributed by atoms with Gasteiger partial charge in [-0.3, -0.25) is 5.10 Å². The van der Waals surface area contributed by atoms with Gasteiger partial charge in [-0.15, -0.1) is 0 Å². The summed E-state index contributed by atoms with van der Waals surface area (Å²) in [4.78, 5) is 10.9. The molecule has 0 saturated carbocycles. The third kappa shape index (κ3) is 3.26. The average Bonchev–Trinajstić information content (AvgIpc) is 2.88. The van der Waals surface area contributed by atoms with Crippen LogP contribution in [-0.4, -0.2) is 29.7 Å². The van der Waals surface area contributed by atoms with Gasteiger partial charge in [0.2, 0.25) is 0 Å². The number of H-pyrrole nitrogens is 1. The molecule has 1 atom stereocenters. The molecule has 0 spiro atoms. The highest BCUT2D eigenvalue weighted by molar-refractivity contribution is 7.89. The van der Waals surface area contributed by atoms with Gasteiger partial charge in [-0.05, 0) is 24.6 Å². The van der Waals surface area contributed by atoms with Crippen LogP contribution in [0, 0.1) is 5.82 Å². The van der Waals surface area contributed by atoms with Gasteiger partial charge < -0.3 is 5.11 Å². The number of aromatic amines is 1. The van der Waals surface area contributed by atoms with E-state index in [1.807, 2.05) is 0 Å². The fraction of sp³-hybridized carbons (Fsp3) is 0.167. The van der Waals surface area contributed by atoms with Crippen molar-refractivity contribution in [1.29, 1.82) is 0 Å². The number of hydrogen-bond acceptors (Lipinski definition) is 4. The van der Waals surface area contributed by atoms with E-state index in [1.165, 1.54) is 25.1 Å². The average molecular weight is 313 g/mol. The van der Waals surface area contributed by atoms with Crippen LogP contribution >= 0.6 is 0 Å². The van der Waals surface area contributed by atoms with Crippen LogP contribution in [-0.2, 0) is 10.0 Å². The number of benzene rings is 1. The van der Waals surface area contributed by atoms with Crippen molar-refractivity contribution in [2.45, 2.75) is 18.0 Å². The first-order valence-corrected chi connectivity index (χ1v) is 7.34. The van der Waals surface area contributed by atoms with Gasteiger partial charge in [-0.1, -0.05) is 12.1 Å². The summed E-state index contributed by atoms with van der Waals surface area (Å²) in [7, 11) is -4.12. The van der Waals surface area contributed by atoms with Crippen molar-refractivity contribution in [3.05, 3.63) is 47.4 Å². The molecule has 1 heterocycles. The van der Waals surface area contributed by atoms with Gasteiger partial charge in [0.15, 0.2) is 5.03 Å². The normalized spacial score (nSPS) is 13.0. The molecule has 0 bridgehead atoms. The van der Waals surface area contributed by atoms with Crippen molar-refractivity contribution in [2.24, 2.45) is 0 Å². The van der Waals surface area contributed by atoms with Gasteiger partial charge in [0, 0.05) is 6.04 Å². The number of halogens is 1. The van der Waals surface area contributed by atoms with Crippen LogP contribution in [0.1, 0.15) is 28.9 Å². The first kappa shape index (κ1) is 15.1. The molecule has 1 aromatic carbocycles. The summed E-state index contributed by atoms with van der Waals surface area (Å²) in [5, 5.41) is 13.9. The van der Waals surface area contributed by atoms with Crippen LogP contribution in [0.15, 0.2) is 35.5 Å². The molecule has 21 heavy (non-hydrogen) atoms. The maximum atomic E-state index is 13.1. The Morgan fingerprint density at radius 2 is 2.19 bits per heavy atom. The number of nitrogens with zero attached hydrogens (tertiary/aromatic N) is 1. The maximum absolute atomic E-state index is 13.1. The lowest BCUT2D eigenvalue weighted by molar-refractivity contribution is 0.0692. The Morgan fingerprint density at radius 3 is 2.81 bits per heavy atom. The summed E-state index contributed by atoms with van der Waals surface area (Å²) in [5.41, 5.74) is -0.0519. The second kappa shape index (κ2) is 5.62. The summed E-state index contributed by atoms with van der Waals surface area (Å²) >= 11 is 0. The first-order valence-electron chi connectivity index (χ1n) is 5.85. The molecule has 0 amide bonds. The van der Waals surface area contributed by atoms with Crippen LogP contribution in [0.3, 0.4) is 0 Å². The zero-order chi connectivity index (χ0) is 15.6. The fourth-order valence-electron chi connectivity index (χ4n) is 1.77. The van der Waals surface area contributed by atoms with E-state index in [9.17, 15) is 17.6 Å². The van der Waals surface area contributed by atoms with Gasteiger partial charge >= 0.3 is 5.97 Å². The zero-order valence-electron chi connectivity index (χ0n) is 10.9. The Balaban J connectivity index is 2.29. The van der Waals surface area contributed by atoms with E-state index in [0.717, 1.165) is 6.20 Å². The Bertz CT molecular complexity index is 772. The molecule has 0 radical (unpaired) electrons. The van der Waals surface area contributed by atoms with Gasteiger partial charge in [-0.25, -0.2) is 22.3 Å².